The zero-order chi connectivity index (χ0) is 19.9. The zero-order valence-electron chi connectivity index (χ0n) is 15.7. The van der Waals surface area contributed by atoms with E-state index in [0.717, 1.165) is 11.3 Å². The number of anilines is 1. The van der Waals surface area contributed by atoms with E-state index in [1.807, 2.05) is 24.3 Å². The molecular weight excluding hydrogens is 363 g/mol. The lowest BCUT2D eigenvalue weighted by Crippen LogP contribution is -2.50. The van der Waals surface area contributed by atoms with E-state index in [0.29, 0.717) is 31.6 Å². The largest absolute Gasteiger partial charge is 0.497 e. The van der Waals surface area contributed by atoms with Crippen molar-refractivity contribution < 1.29 is 23.5 Å². The van der Waals surface area contributed by atoms with Crippen LogP contribution in [-0.4, -0.2) is 44.7 Å². The summed E-state index contributed by atoms with van der Waals surface area (Å²) in [5, 5.41) is 2.85. The molecule has 148 valence electrons. The first kappa shape index (κ1) is 19.8. The first-order chi connectivity index (χ1) is 13.5. The van der Waals surface area contributed by atoms with Crippen molar-refractivity contribution in [3.05, 3.63) is 59.9 Å². The Morgan fingerprint density at radius 1 is 1.21 bits per heavy atom. The molecule has 2 aromatic rings. The van der Waals surface area contributed by atoms with Crippen LogP contribution < -0.4 is 15.0 Å². The topological polar surface area (TPSA) is 67.9 Å². The summed E-state index contributed by atoms with van der Waals surface area (Å²) < 4.78 is 23.7. The van der Waals surface area contributed by atoms with Gasteiger partial charge in [-0.15, -0.1) is 0 Å². The van der Waals surface area contributed by atoms with Gasteiger partial charge < -0.3 is 19.7 Å². The fourth-order valence-corrected chi connectivity index (χ4v) is 2.99. The van der Waals surface area contributed by atoms with Crippen LogP contribution in [0.25, 0.3) is 0 Å². The summed E-state index contributed by atoms with van der Waals surface area (Å²) in [5.41, 5.74) is 1.67. The average molecular weight is 386 g/mol. The lowest BCUT2D eigenvalue weighted by Gasteiger charge is -2.32. The summed E-state index contributed by atoms with van der Waals surface area (Å²) in [6.45, 7) is 0.555. The summed E-state index contributed by atoms with van der Waals surface area (Å²) in [4.78, 5) is 25.8. The monoisotopic (exact) mass is 386 g/mol. The Morgan fingerprint density at radius 3 is 2.61 bits per heavy atom. The van der Waals surface area contributed by atoms with Gasteiger partial charge in [-0.1, -0.05) is 12.1 Å². The highest BCUT2D eigenvalue weighted by Crippen LogP contribution is 2.19. The molecule has 1 aliphatic heterocycles. The number of carbonyl (C=O) groups is 2. The Labute approximate surface area is 163 Å². The third-order valence-corrected chi connectivity index (χ3v) is 4.59. The van der Waals surface area contributed by atoms with Gasteiger partial charge in [0.25, 0.3) is 5.91 Å². The highest BCUT2D eigenvalue weighted by atomic mass is 19.1. The minimum Gasteiger partial charge on any atom is -0.497 e. The Kier molecular flexibility index (Phi) is 6.60. The maximum absolute atomic E-state index is 13.1. The maximum Gasteiger partial charge on any atom is 0.253 e. The quantitative estimate of drug-likeness (QED) is 0.793. The average Bonchev–Trinajstić information content (AvgIpc) is 2.72. The molecular formula is C21H23FN2O4. The number of nitrogens with zero attached hydrogens (tertiary/aromatic N) is 1. The van der Waals surface area contributed by atoms with Gasteiger partial charge in [-0.05, 0) is 48.4 Å². The van der Waals surface area contributed by atoms with Crippen LogP contribution in [0.15, 0.2) is 48.5 Å². The first-order valence-corrected chi connectivity index (χ1v) is 9.12. The molecule has 1 unspecified atom stereocenters. The molecule has 1 heterocycles. The van der Waals surface area contributed by atoms with Crippen LogP contribution in [0.2, 0.25) is 0 Å². The number of ether oxygens (including phenoxy) is 2. The van der Waals surface area contributed by atoms with E-state index >= 15 is 0 Å². The van der Waals surface area contributed by atoms with Crippen molar-refractivity contribution >= 4 is 17.5 Å². The molecule has 0 saturated carbocycles. The Hall–Kier alpha value is -2.93. The number of carbonyl (C=O) groups excluding carboxylic acids is 2. The lowest BCUT2D eigenvalue weighted by molar-refractivity contribution is -0.129. The maximum atomic E-state index is 13.1. The minimum atomic E-state index is -0.356. The van der Waals surface area contributed by atoms with Gasteiger partial charge in [0, 0.05) is 18.7 Å². The SMILES string of the molecule is COc1ccc(CCC(=O)NCC2CN(c3ccc(F)cc3)C(=O)CO2)cc1. The molecule has 3 rings (SSSR count). The number of methoxy groups -OCH3 is 1. The fourth-order valence-electron chi connectivity index (χ4n) is 2.99. The molecule has 7 heteroatoms. The van der Waals surface area contributed by atoms with Gasteiger partial charge in [0.05, 0.1) is 19.8 Å². The van der Waals surface area contributed by atoms with Gasteiger partial charge in [-0.25, -0.2) is 4.39 Å². The molecule has 1 N–H and O–H groups in total. The summed E-state index contributed by atoms with van der Waals surface area (Å²) in [7, 11) is 1.61. The Balaban J connectivity index is 1.46. The Morgan fingerprint density at radius 2 is 1.93 bits per heavy atom. The number of halogens is 1. The molecule has 0 radical (unpaired) electrons. The van der Waals surface area contributed by atoms with Crippen LogP contribution >= 0.6 is 0 Å². The van der Waals surface area contributed by atoms with Gasteiger partial charge in [0.1, 0.15) is 18.2 Å². The van der Waals surface area contributed by atoms with Crippen LogP contribution in [0.3, 0.4) is 0 Å². The number of aryl methyl sites for hydroxylation is 1. The molecule has 2 aromatic carbocycles. The lowest BCUT2D eigenvalue weighted by atomic mass is 10.1. The van der Waals surface area contributed by atoms with Gasteiger partial charge in [-0.3, -0.25) is 9.59 Å². The summed E-state index contributed by atoms with van der Waals surface area (Å²) in [5.74, 6) is 0.159. The van der Waals surface area contributed by atoms with E-state index in [9.17, 15) is 14.0 Å². The van der Waals surface area contributed by atoms with Crippen molar-refractivity contribution in [2.24, 2.45) is 0 Å². The van der Waals surface area contributed by atoms with E-state index in [2.05, 4.69) is 5.32 Å². The molecule has 0 aromatic heterocycles. The van der Waals surface area contributed by atoms with Crippen molar-refractivity contribution in [3.63, 3.8) is 0 Å². The first-order valence-electron chi connectivity index (χ1n) is 9.12. The van der Waals surface area contributed by atoms with Crippen molar-refractivity contribution in [3.8, 4) is 5.75 Å². The molecule has 28 heavy (non-hydrogen) atoms. The number of benzene rings is 2. The summed E-state index contributed by atoms with van der Waals surface area (Å²) in [6.07, 6.45) is 0.675. The van der Waals surface area contributed by atoms with Gasteiger partial charge in [0.15, 0.2) is 0 Å². The van der Waals surface area contributed by atoms with E-state index in [1.165, 1.54) is 12.1 Å². The predicted octanol–water partition coefficient (Wildman–Crippen LogP) is 2.32. The third kappa shape index (κ3) is 5.29. The molecule has 0 aliphatic carbocycles. The van der Waals surface area contributed by atoms with Crippen molar-refractivity contribution in [2.75, 3.05) is 31.7 Å². The van der Waals surface area contributed by atoms with Crippen LogP contribution in [0.1, 0.15) is 12.0 Å². The molecule has 1 saturated heterocycles. The van der Waals surface area contributed by atoms with Crippen molar-refractivity contribution in [1.29, 1.82) is 0 Å². The normalized spacial score (nSPS) is 16.7. The smallest absolute Gasteiger partial charge is 0.253 e. The summed E-state index contributed by atoms with van der Waals surface area (Å²) in [6, 6.07) is 13.3. The van der Waals surface area contributed by atoms with E-state index in [-0.39, 0.29) is 30.3 Å². The predicted molar refractivity (Wildman–Crippen MR) is 103 cm³/mol. The molecule has 2 amide bonds. The second kappa shape index (κ2) is 9.32. The fraction of sp³-hybridized carbons (Fsp3) is 0.333. The van der Waals surface area contributed by atoms with Gasteiger partial charge in [-0.2, -0.15) is 0 Å². The number of rotatable bonds is 7. The number of morpholine rings is 1. The number of nitrogens with one attached hydrogen (secondary N) is 1. The van der Waals surface area contributed by atoms with Crippen LogP contribution in [0, 0.1) is 5.82 Å². The molecule has 1 aliphatic rings. The Bertz CT molecular complexity index is 808. The zero-order valence-corrected chi connectivity index (χ0v) is 15.7. The third-order valence-electron chi connectivity index (χ3n) is 4.59. The molecule has 1 fully saturated rings. The van der Waals surface area contributed by atoms with Crippen LogP contribution in [0.5, 0.6) is 5.75 Å². The van der Waals surface area contributed by atoms with Gasteiger partial charge >= 0.3 is 0 Å². The second-order valence-corrected chi connectivity index (χ2v) is 6.57. The van der Waals surface area contributed by atoms with Crippen LogP contribution in [0.4, 0.5) is 10.1 Å². The number of amides is 2. The van der Waals surface area contributed by atoms with Crippen LogP contribution in [-0.2, 0) is 20.7 Å². The molecule has 0 spiro atoms. The molecule has 1 atom stereocenters. The van der Waals surface area contributed by atoms with E-state index in [1.54, 1.807) is 24.1 Å². The van der Waals surface area contributed by atoms with E-state index < -0.39 is 0 Å². The highest BCUT2D eigenvalue weighted by Gasteiger charge is 2.27. The number of hydrogen-bond acceptors (Lipinski definition) is 4. The highest BCUT2D eigenvalue weighted by molar-refractivity contribution is 5.95. The minimum absolute atomic E-state index is 0.0657. The van der Waals surface area contributed by atoms with Gasteiger partial charge in [0.2, 0.25) is 5.91 Å². The van der Waals surface area contributed by atoms with Crippen molar-refractivity contribution in [2.45, 2.75) is 18.9 Å². The second-order valence-electron chi connectivity index (χ2n) is 6.57. The van der Waals surface area contributed by atoms with E-state index in [4.69, 9.17) is 9.47 Å². The molecule has 0 bridgehead atoms. The number of hydrogen-bond donors (Lipinski definition) is 1. The standard InChI is InChI=1S/C21H23FN2O4/c1-27-18-9-2-15(3-10-18)4-11-20(25)23-12-19-13-24(21(26)14-28-19)17-7-5-16(22)6-8-17/h2-3,5-10,19H,4,11-14H2,1H3,(H,23,25). The van der Waals surface area contributed by atoms with Crippen molar-refractivity contribution in [1.82, 2.24) is 5.32 Å². The summed E-state index contributed by atoms with van der Waals surface area (Å²) >= 11 is 0. The molecule has 6 nitrogen and oxygen atoms in total.